The van der Waals surface area contributed by atoms with Crippen LogP contribution in [0.25, 0.3) is 109 Å². The summed E-state index contributed by atoms with van der Waals surface area (Å²) < 4.78 is 9.01. The number of hydrogen-bond acceptors (Lipinski definition) is 5. The Balaban J connectivity index is 1.19. The van der Waals surface area contributed by atoms with Crippen LogP contribution in [-0.4, -0.2) is 15.0 Å². The molecule has 11 aromatic rings. The molecule has 0 amide bonds. The maximum absolute atomic E-state index is 6.61. The Morgan fingerprint density at radius 3 is 1.74 bits per heavy atom. The molecule has 0 fully saturated rings. The molecule has 0 aliphatic carbocycles. The summed E-state index contributed by atoms with van der Waals surface area (Å²) in [7, 11) is 0. The third kappa shape index (κ3) is 5.01. The van der Waals surface area contributed by atoms with Crippen molar-refractivity contribution in [2.24, 2.45) is 0 Å². The summed E-state index contributed by atoms with van der Waals surface area (Å²) in [4.78, 5) is 15.9. The van der Waals surface area contributed by atoms with Crippen molar-refractivity contribution in [3.63, 3.8) is 0 Å². The first-order valence-corrected chi connectivity index (χ1v) is 18.8. The van der Waals surface area contributed by atoms with Crippen LogP contribution in [0.1, 0.15) is 0 Å². The molecule has 0 atom stereocenters. The maximum atomic E-state index is 6.61. The number of rotatable bonds is 5. The average Bonchev–Trinajstić information content (AvgIpc) is 3.82. The van der Waals surface area contributed by atoms with Gasteiger partial charge in [-0.25, -0.2) is 15.0 Å². The molecule has 3 heterocycles. The third-order valence-electron chi connectivity index (χ3n) is 10.3. The van der Waals surface area contributed by atoms with Crippen molar-refractivity contribution in [2.75, 3.05) is 0 Å². The van der Waals surface area contributed by atoms with Crippen LogP contribution < -0.4 is 0 Å². The summed E-state index contributed by atoms with van der Waals surface area (Å²) in [5.41, 5.74) is 9.10. The average molecular weight is 708 g/mol. The van der Waals surface area contributed by atoms with Gasteiger partial charge in [-0.15, -0.1) is 11.3 Å². The Hall–Kier alpha value is -6.95. The lowest BCUT2D eigenvalue weighted by Crippen LogP contribution is -2.01. The normalized spacial score (nSPS) is 11.7. The molecule has 5 heteroatoms. The van der Waals surface area contributed by atoms with Gasteiger partial charge in [-0.2, -0.15) is 0 Å². The van der Waals surface area contributed by atoms with Gasteiger partial charge in [-0.3, -0.25) is 0 Å². The standard InChI is InChI=1S/C49H29N3OS/c1-3-13-30(14-4-1)32-17-11-18-34(27-32)47-50-48(39-23-12-22-38-36-20-9-10-24-44(36)54-46(38)39)52-49(51-47)42-29-41-40-28-33(31-15-5-2-6-16-31)25-26-43(40)53-45(41)37-21-8-7-19-35(37)42/h1-29H. The largest absolute Gasteiger partial charge is 0.455 e. The molecule has 0 aliphatic heterocycles. The second-order valence-corrected chi connectivity index (χ2v) is 14.6. The first-order valence-electron chi connectivity index (χ1n) is 18.0. The van der Waals surface area contributed by atoms with E-state index in [-0.39, 0.29) is 0 Å². The Labute approximate surface area is 314 Å². The van der Waals surface area contributed by atoms with Gasteiger partial charge in [0.2, 0.25) is 0 Å². The van der Waals surface area contributed by atoms with E-state index in [0.717, 1.165) is 76.4 Å². The number of hydrogen-bond donors (Lipinski definition) is 0. The lowest BCUT2D eigenvalue weighted by atomic mass is 9.98. The van der Waals surface area contributed by atoms with Crippen molar-refractivity contribution in [1.82, 2.24) is 15.0 Å². The summed E-state index contributed by atoms with van der Waals surface area (Å²) in [6, 6.07) is 61.5. The van der Waals surface area contributed by atoms with Crippen LogP contribution in [0.4, 0.5) is 0 Å². The molecule has 11 rings (SSSR count). The highest BCUT2D eigenvalue weighted by atomic mass is 32.1. The summed E-state index contributed by atoms with van der Waals surface area (Å²) in [5, 5.41) is 6.56. The van der Waals surface area contributed by atoms with E-state index in [0.29, 0.717) is 17.5 Å². The number of nitrogens with zero attached hydrogens (tertiary/aromatic N) is 3. The van der Waals surface area contributed by atoms with Crippen molar-refractivity contribution < 1.29 is 4.42 Å². The van der Waals surface area contributed by atoms with Crippen LogP contribution >= 0.6 is 11.3 Å². The minimum atomic E-state index is 0.616. The van der Waals surface area contributed by atoms with E-state index in [9.17, 15) is 0 Å². The van der Waals surface area contributed by atoms with Crippen molar-refractivity contribution in [3.8, 4) is 56.4 Å². The molecule has 252 valence electrons. The van der Waals surface area contributed by atoms with Gasteiger partial charge in [-0.05, 0) is 64.0 Å². The van der Waals surface area contributed by atoms with Gasteiger partial charge in [0, 0.05) is 53.0 Å². The van der Waals surface area contributed by atoms with Crippen LogP contribution in [0.15, 0.2) is 180 Å². The monoisotopic (exact) mass is 707 g/mol. The van der Waals surface area contributed by atoms with E-state index in [4.69, 9.17) is 19.4 Å². The third-order valence-corrected chi connectivity index (χ3v) is 11.6. The molecule has 3 aromatic heterocycles. The van der Waals surface area contributed by atoms with Crippen molar-refractivity contribution in [2.45, 2.75) is 0 Å². The van der Waals surface area contributed by atoms with E-state index >= 15 is 0 Å². The SMILES string of the molecule is c1ccc(-c2cccc(-c3nc(-c4cc5c6cc(-c7ccccc7)ccc6oc5c5ccccc45)nc(-c4cccc5c4sc4ccccc45)n3)c2)cc1. The predicted octanol–water partition coefficient (Wildman–Crippen LogP) is 13.6. The zero-order valence-corrected chi connectivity index (χ0v) is 29.7. The molecule has 4 nitrogen and oxygen atoms in total. The molecule has 0 saturated heterocycles. The van der Waals surface area contributed by atoms with E-state index in [1.807, 2.05) is 12.1 Å². The van der Waals surface area contributed by atoms with E-state index < -0.39 is 0 Å². The highest BCUT2D eigenvalue weighted by Crippen LogP contribution is 2.43. The van der Waals surface area contributed by atoms with Gasteiger partial charge in [0.15, 0.2) is 17.5 Å². The first-order chi connectivity index (χ1) is 26.7. The molecule has 54 heavy (non-hydrogen) atoms. The van der Waals surface area contributed by atoms with Gasteiger partial charge in [0.25, 0.3) is 0 Å². The Kier molecular flexibility index (Phi) is 7.00. The fourth-order valence-corrected chi connectivity index (χ4v) is 8.94. The van der Waals surface area contributed by atoms with Crippen LogP contribution in [-0.2, 0) is 0 Å². The Morgan fingerprint density at radius 1 is 0.352 bits per heavy atom. The first kappa shape index (κ1) is 30.7. The molecule has 0 saturated carbocycles. The predicted molar refractivity (Wildman–Crippen MR) is 225 cm³/mol. The second-order valence-electron chi connectivity index (χ2n) is 13.6. The number of benzene rings is 8. The maximum Gasteiger partial charge on any atom is 0.165 e. The smallest absolute Gasteiger partial charge is 0.165 e. The summed E-state index contributed by atoms with van der Waals surface area (Å²) >= 11 is 1.78. The summed E-state index contributed by atoms with van der Waals surface area (Å²) in [6.45, 7) is 0. The van der Waals surface area contributed by atoms with Gasteiger partial charge >= 0.3 is 0 Å². The van der Waals surface area contributed by atoms with Crippen LogP contribution in [0, 0.1) is 0 Å². The fraction of sp³-hybridized carbons (Fsp3) is 0. The zero-order valence-electron chi connectivity index (χ0n) is 28.9. The molecule has 0 unspecified atom stereocenters. The van der Waals surface area contributed by atoms with E-state index in [1.54, 1.807) is 11.3 Å². The Morgan fingerprint density at radius 2 is 0.944 bits per heavy atom. The van der Waals surface area contributed by atoms with Crippen LogP contribution in [0.3, 0.4) is 0 Å². The van der Waals surface area contributed by atoms with Gasteiger partial charge in [0.05, 0.1) is 0 Å². The lowest BCUT2D eigenvalue weighted by Gasteiger charge is -2.12. The fourth-order valence-electron chi connectivity index (χ4n) is 7.73. The molecule has 0 spiro atoms. The van der Waals surface area contributed by atoms with Crippen molar-refractivity contribution >= 4 is 64.2 Å². The highest BCUT2D eigenvalue weighted by molar-refractivity contribution is 7.26. The topological polar surface area (TPSA) is 51.8 Å². The van der Waals surface area contributed by atoms with E-state index in [1.165, 1.54) is 15.5 Å². The van der Waals surface area contributed by atoms with Gasteiger partial charge in [0.1, 0.15) is 11.2 Å². The minimum absolute atomic E-state index is 0.616. The van der Waals surface area contributed by atoms with Crippen molar-refractivity contribution in [1.29, 1.82) is 0 Å². The zero-order chi connectivity index (χ0) is 35.6. The molecular weight excluding hydrogens is 679 g/mol. The summed E-state index contributed by atoms with van der Waals surface area (Å²) in [5.74, 6) is 1.88. The van der Waals surface area contributed by atoms with Gasteiger partial charge < -0.3 is 4.42 Å². The Bertz CT molecular complexity index is 3220. The van der Waals surface area contributed by atoms with Crippen molar-refractivity contribution in [3.05, 3.63) is 176 Å². The number of thiophene rings is 1. The van der Waals surface area contributed by atoms with Gasteiger partial charge in [-0.1, -0.05) is 140 Å². The molecule has 8 aromatic carbocycles. The quantitative estimate of drug-likeness (QED) is 0.179. The minimum Gasteiger partial charge on any atom is -0.455 e. The number of aromatic nitrogens is 3. The molecule has 0 bridgehead atoms. The van der Waals surface area contributed by atoms with E-state index in [2.05, 4.69) is 164 Å². The molecule has 0 radical (unpaired) electrons. The molecule has 0 N–H and O–H groups in total. The molecular formula is C49H29N3OS. The number of furan rings is 1. The lowest BCUT2D eigenvalue weighted by molar-refractivity contribution is 0.673. The number of fused-ring (bicyclic) bond motifs is 8. The van der Waals surface area contributed by atoms with Crippen LogP contribution in [0.5, 0.6) is 0 Å². The van der Waals surface area contributed by atoms with Crippen LogP contribution in [0.2, 0.25) is 0 Å². The summed E-state index contributed by atoms with van der Waals surface area (Å²) in [6.07, 6.45) is 0. The highest BCUT2D eigenvalue weighted by Gasteiger charge is 2.21. The molecule has 0 aliphatic rings. The second kappa shape index (κ2) is 12.3.